The fourth-order valence-electron chi connectivity index (χ4n) is 3.44. The van der Waals surface area contributed by atoms with E-state index in [0.717, 1.165) is 56.1 Å². The van der Waals surface area contributed by atoms with E-state index in [9.17, 15) is 0 Å². The van der Waals surface area contributed by atoms with Crippen molar-refractivity contribution in [1.82, 2.24) is 19.6 Å². The highest BCUT2D eigenvalue weighted by atomic mass is 35.5. The molecule has 0 atom stereocenters. The summed E-state index contributed by atoms with van der Waals surface area (Å²) < 4.78 is 1.98. The van der Waals surface area contributed by atoms with E-state index in [-0.39, 0.29) is 0 Å². The van der Waals surface area contributed by atoms with E-state index in [2.05, 4.69) is 10.2 Å². The first-order chi connectivity index (χ1) is 13.0. The highest BCUT2D eigenvalue weighted by molar-refractivity contribution is 6.37. The molecule has 4 rings (SSSR count). The third-order valence-electron chi connectivity index (χ3n) is 4.73. The molecule has 0 unspecified atom stereocenters. The minimum Gasteiger partial charge on any atom is -0.315 e. The van der Waals surface area contributed by atoms with Gasteiger partial charge in [-0.05, 0) is 43.8 Å². The van der Waals surface area contributed by atoms with Crippen LogP contribution in [0.25, 0.3) is 16.9 Å². The van der Waals surface area contributed by atoms with Gasteiger partial charge in [-0.3, -0.25) is 9.30 Å². The van der Waals surface area contributed by atoms with Gasteiger partial charge in [-0.15, -0.1) is 0 Å². The number of imidazole rings is 1. The lowest BCUT2D eigenvalue weighted by Crippen LogP contribution is -2.28. The van der Waals surface area contributed by atoms with Gasteiger partial charge in [-0.2, -0.15) is 0 Å². The topological polar surface area (TPSA) is 32.6 Å². The Morgan fingerprint density at radius 2 is 1.78 bits per heavy atom. The summed E-state index contributed by atoms with van der Waals surface area (Å²) in [5.74, 6) is 0. The molecule has 1 aliphatic rings. The lowest BCUT2D eigenvalue weighted by molar-refractivity contribution is 0.281. The summed E-state index contributed by atoms with van der Waals surface area (Å²) in [6.07, 6.45) is 2.96. The van der Waals surface area contributed by atoms with Gasteiger partial charge in [-0.25, -0.2) is 4.98 Å². The molecular weight excluding hydrogens is 426 g/mol. The Morgan fingerprint density at radius 3 is 2.59 bits per heavy atom. The first-order valence-corrected chi connectivity index (χ1v) is 10.3. The van der Waals surface area contributed by atoms with Crippen LogP contribution in [0.1, 0.15) is 12.1 Å². The minimum absolute atomic E-state index is 0.512. The number of aromatic nitrogens is 2. The molecule has 2 aromatic heterocycles. The average Bonchev–Trinajstić information content (AvgIpc) is 2.79. The first-order valence-electron chi connectivity index (χ1n) is 8.77. The maximum absolute atomic E-state index is 6.49. The quantitative estimate of drug-likeness (QED) is 0.587. The predicted octanol–water partition coefficient (Wildman–Crippen LogP) is 5.41. The fourth-order valence-corrected chi connectivity index (χ4v) is 4.45. The van der Waals surface area contributed by atoms with Crippen LogP contribution in [0.3, 0.4) is 0 Å². The number of nitrogens with zero attached hydrogens (tertiary/aromatic N) is 3. The van der Waals surface area contributed by atoms with Crippen molar-refractivity contribution < 1.29 is 0 Å². The van der Waals surface area contributed by atoms with Crippen LogP contribution >= 0.6 is 46.4 Å². The van der Waals surface area contributed by atoms with E-state index in [1.165, 1.54) is 0 Å². The van der Waals surface area contributed by atoms with Crippen LogP contribution in [0, 0.1) is 0 Å². The molecule has 1 N–H and O–H groups in total. The summed E-state index contributed by atoms with van der Waals surface area (Å²) in [5, 5.41) is 5.66. The molecular formula is C19H18Cl4N4. The molecule has 3 aromatic rings. The van der Waals surface area contributed by atoms with Crippen molar-refractivity contribution in [3.8, 4) is 11.3 Å². The average molecular weight is 444 g/mol. The van der Waals surface area contributed by atoms with Crippen molar-refractivity contribution in [1.29, 1.82) is 0 Å². The third-order valence-corrected chi connectivity index (χ3v) is 5.77. The number of pyridine rings is 1. The first kappa shape index (κ1) is 19.3. The Kier molecular flexibility index (Phi) is 5.83. The van der Waals surface area contributed by atoms with Crippen molar-refractivity contribution in [3.63, 3.8) is 0 Å². The molecule has 0 amide bonds. The number of nitrogens with one attached hydrogen (secondary N) is 1. The van der Waals surface area contributed by atoms with Crippen LogP contribution < -0.4 is 5.32 Å². The van der Waals surface area contributed by atoms with E-state index in [1.807, 2.05) is 22.7 Å². The summed E-state index contributed by atoms with van der Waals surface area (Å²) in [7, 11) is 0. The van der Waals surface area contributed by atoms with Crippen LogP contribution in [-0.4, -0.2) is 40.5 Å². The molecule has 1 aromatic carbocycles. The normalized spacial score (nSPS) is 16.0. The maximum Gasteiger partial charge on any atom is 0.156 e. The predicted molar refractivity (Wildman–Crippen MR) is 113 cm³/mol. The zero-order valence-corrected chi connectivity index (χ0v) is 17.5. The Bertz CT molecular complexity index is 977. The number of rotatable bonds is 3. The zero-order valence-electron chi connectivity index (χ0n) is 14.5. The monoisotopic (exact) mass is 442 g/mol. The minimum atomic E-state index is 0.512. The van der Waals surface area contributed by atoms with Gasteiger partial charge in [0.2, 0.25) is 0 Å². The van der Waals surface area contributed by atoms with E-state index >= 15 is 0 Å². The van der Waals surface area contributed by atoms with Gasteiger partial charge in [0.1, 0.15) is 0 Å². The van der Waals surface area contributed by atoms with Crippen molar-refractivity contribution in [2.45, 2.75) is 13.0 Å². The maximum atomic E-state index is 6.49. The molecule has 1 fully saturated rings. The molecule has 1 aliphatic heterocycles. The molecule has 0 bridgehead atoms. The molecule has 3 heterocycles. The Balaban J connectivity index is 1.87. The molecule has 1 saturated heterocycles. The number of halogens is 4. The standard InChI is InChI=1S/C19H18Cl4N4/c20-12-2-3-14(15(22)8-12)18-17(11-26-6-1-4-24-5-7-26)27-10-13(21)9-16(23)19(27)25-18/h2-3,8-10,24H,1,4-7,11H2. The van der Waals surface area contributed by atoms with Crippen LogP contribution in [0.5, 0.6) is 0 Å². The molecule has 0 saturated carbocycles. The summed E-state index contributed by atoms with van der Waals surface area (Å²) in [6, 6.07) is 7.16. The molecule has 8 heteroatoms. The van der Waals surface area contributed by atoms with Crippen molar-refractivity contribution in [2.24, 2.45) is 0 Å². The molecule has 0 radical (unpaired) electrons. The highest BCUT2D eigenvalue weighted by Crippen LogP contribution is 2.35. The Hall–Kier alpha value is -1.01. The lowest BCUT2D eigenvalue weighted by Gasteiger charge is -2.20. The second-order valence-electron chi connectivity index (χ2n) is 6.61. The molecule has 142 valence electrons. The summed E-state index contributed by atoms with van der Waals surface area (Å²) in [5.41, 5.74) is 3.32. The van der Waals surface area contributed by atoms with Gasteiger partial charge in [0.25, 0.3) is 0 Å². The molecule has 0 spiro atoms. The zero-order chi connectivity index (χ0) is 19.0. The molecule has 4 nitrogen and oxygen atoms in total. The van der Waals surface area contributed by atoms with Gasteiger partial charge in [0.15, 0.2) is 5.65 Å². The van der Waals surface area contributed by atoms with Gasteiger partial charge in [-0.1, -0.05) is 46.4 Å². The summed E-state index contributed by atoms with van der Waals surface area (Å²) >= 11 is 25.3. The van der Waals surface area contributed by atoms with Crippen LogP contribution in [0.2, 0.25) is 20.1 Å². The molecule has 27 heavy (non-hydrogen) atoms. The van der Waals surface area contributed by atoms with E-state index < -0.39 is 0 Å². The third kappa shape index (κ3) is 4.07. The highest BCUT2D eigenvalue weighted by Gasteiger charge is 2.21. The summed E-state index contributed by atoms with van der Waals surface area (Å²) in [4.78, 5) is 7.21. The number of hydrogen-bond acceptors (Lipinski definition) is 3. The van der Waals surface area contributed by atoms with Gasteiger partial charge < -0.3 is 5.32 Å². The number of hydrogen-bond donors (Lipinski definition) is 1. The Morgan fingerprint density at radius 1 is 0.963 bits per heavy atom. The van der Waals surface area contributed by atoms with Crippen LogP contribution in [-0.2, 0) is 6.54 Å². The number of benzene rings is 1. The van der Waals surface area contributed by atoms with Crippen molar-refractivity contribution in [3.05, 3.63) is 56.2 Å². The summed E-state index contributed by atoms with van der Waals surface area (Å²) in [6.45, 7) is 4.72. The van der Waals surface area contributed by atoms with Gasteiger partial charge in [0, 0.05) is 36.4 Å². The van der Waals surface area contributed by atoms with Crippen LogP contribution in [0.15, 0.2) is 30.5 Å². The lowest BCUT2D eigenvalue weighted by atomic mass is 10.1. The van der Waals surface area contributed by atoms with Crippen LogP contribution in [0.4, 0.5) is 0 Å². The van der Waals surface area contributed by atoms with Crippen molar-refractivity contribution >= 4 is 52.1 Å². The second-order valence-corrected chi connectivity index (χ2v) is 8.30. The second kappa shape index (κ2) is 8.16. The molecule has 0 aliphatic carbocycles. The Labute approximate surface area is 178 Å². The number of fused-ring (bicyclic) bond motifs is 1. The van der Waals surface area contributed by atoms with Gasteiger partial charge >= 0.3 is 0 Å². The van der Waals surface area contributed by atoms with Crippen molar-refractivity contribution in [2.75, 3.05) is 26.2 Å². The fraction of sp³-hybridized carbons (Fsp3) is 0.316. The van der Waals surface area contributed by atoms with E-state index in [0.29, 0.717) is 25.7 Å². The smallest absolute Gasteiger partial charge is 0.156 e. The van der Waals surface area contributed by atoms with Gasteiger partial charge in [0.05, 0.1) is 26.5 Å². The SMILES string of the molecule is Clc1ccc(-c2nc3c(Cl)cc(Cl)cn3c2CN2CCCNCC2)c(Cl)c1. The van der Waals surface area contributed by atoms with E-state index in [4.69, 9.17) is 51.4 Å². The van der Waals surface area contributed by atoms with E-state index in [1.54, 1.807) is 12.1 Å². The largest absolute Gasteiger partial charge is 0.315 e.